The number of pyridine rings is 1. The first-order valence-corrected chi connectivity index (χ1v) is 8.90. The van der Waals surface area contributed by atoms with Crippen LogP contribution in [0.4, 0.5) is 10.5 Å². The summed E-state index contributed by atoms with van der Waals surface area (Å²) >= 11 is 6.17. The van der Waals surface area contributed by atoms with E-state index in [2.05, 4.69) is 15.3 Å². The van der Waals surface area contributed by atoms with E-state index >= 15 is 0 Å². The second-order valence-electron chi connectivity index (χ2n) is 7.25. The number of carbonyl (C=O) groups is 1. The maximum absolute atomic E-state index is 12.2. The van der Waals surface area contributed by atoms with Gasteiger partial charge in [-0.3, -0.25) is 0 Å². The second kappa shape index (κ2) is 6.71. The number of likely N-dealkylation sites (tertiary alicyclic amines) is 1. The van der Waals surface area contributed by atoms with Gasteiger partial charge in [-0.15, -0.1) is 0 Å². The van der Waals surface area contributed by atoms with Crippen LogP contribution in [0.3, 0.4) is 0 Å². The number of halogens is 1. The van der Waals surface area contributed by atoms with Gasteiger partial charge in [-0.2, -0.15) is 0 Å². The molecule has 3 rings (SSSR count). The minimum atomic E-state index is -0.486. The molecule has 1 fully saturated rings. The Kier molecular flexibility index (Phi) is 4.77. The summed E-state index contributed by atoms with van der Waals surface area (Å²) in [4.78, 5) is 22.7. The summed E-state index contributed by atoms with van der Waals surface area (Å²) in [5.74, 6) is 0. The fourth-order valence-corrected chi connectivity index (χ4v) is 3.12. The van der Waals surface area contributed by atoms with E-state index in [0.717, 1.165) is 29.8 Å². The summed E-state index contributed by atoms with van der Waals surface area (Å²) in [7, 11) is 0. The van der Waals surface area contributed by atoms with Gasteiger partial charge in [0.05, 0.1) is 12.0 Å². The molecule has 3 heterocycles. The number of hydrogen-bond donors (Lipinski definition) is 1. The molecule has 0 bridgehead atoms. The SMILES string of the molecule is CCn1cnc2c(N[C@H]3CCN(C(=O)OC(C)(C)C)C3)cc(Cl)nc21. The Morgan fingerprint density at radius 3 is 2.92 bits per heavy atom. The molecular weight excluding hydrogens is 342 g/mol. The minimum Gasteiger partial charge on any atom is -0.444 e. The quantitative estimate of drug-likeness (QED) is 0.842. The monoisotopic (exact) mass is 365 g/mol. The zero-order valence-corrected chi connectivity index (χ0v) is 15.8. The third-order valence-electron chi connectivity index (χ3n) is 4.08. The van der Waals surface area contributed by atoms with Crippen molar-refractivity contribution in [1.82, 2.24) is 19.4 Å². The molecule has 0 radical (unpaired) electrons. The Balaban J connectivity index is 1.73. The van der Waals surface area contributed by atoms with Crippen LogP contribution in [0.2, 0.25) is 5.15 Å². The van der Waals surface area contributed by atoms with Gasteiger partial charge < -0.3 is 19.5 Å². The number of rotatable bonds is 3. The summed E-state index contributed by atoms with van der Waals surface area (Å²) in [5.41, 5.74) is 1.92. The lowest BCUT2D eigenvalue weighted by Gasteiger charge is -2.24. The zero-order chi connectivity index (χ0) is 18.2. The number of aromatic nitrogens is 3. The summed E-state index contributed by atoms with van der Waals surface area (Å²) in [5, 5.41) is 3.88. The summed E-state index contributed by atoms with van der Waals surface area (Å²) in [6.07, 6.45) is 2.33. The highest BCUT2D eigenvalue weighted by Gasteiger charge is 2.30. The van der Waals surface area contributed by atoms with Crippen molar-refractivity contribution in [3.8, 4) is 0 Å². The van der Waals surface area contributed by atoms with Crippen molar-refractivity contribution in [3.05, 3.63) is 17.5 Å². The van der Waals surface area contributed by atoms with Gasteiger partial charge in [0.25, 0.3) is 0 Å². The first kappa shape index (κ1) is 17.8. The summed E-state index contributed by atoms with van der Waals surface area (Å²) in [6, 6.07) is 1.91. The number of hydrogen-bond acceptors (Lipinski definition) is 5. The number of fused-ring (bicyclic) bond motifs is 1. The van der Waals surface area contributed by atoms with Crippen LogP contribution in [-0.4, -0.2) is 50.3 Å². The molecule has 0 aliphatic carbocycles. The van der Waals surface area contributed by atoms with Crippen molar-refractivity contribution >= 4 is 34.5 Å². The Labute approximate surface area is 152 Å². The van der Waals surface area contributed by atoms with E-state index in [1.165, 1.54) is 0 Å². The lowest BCUT2D eigenvalue weighted by molar-refractivity contribution is 0.0293. The lowest BCUT2D eigenvalue weighted by atomic mass is 10.2. The van der Waals surface area contributed by atoms with E-state index < -0.39 is 5.60 Å². The fourth-order valence-electron chi connectivity index (χ4n) is 2.94. The van der Waals surface area contributed by atoms with Gasteiger partial charge in [0, 0.05) is 31.7 Å². The van der Waals surface area contributed by atoms with Crippen LogP contribution in [0.1, 0.15) is 34.1 Å². The van der Waals surface area contributed by atoms with E-state index in [-0.39, 0.29) is 12.1 Å². The van der Waals surface area contributed by atoms with Gasteiger partial charge in [0.2, 0.25) is 0 Å². The molecule has 1 atom stereocenters. The van der Waals surface area contributed by atoms with Crippen molar-refractivity contribution in [2.24, 2.45) is 0 Å². The van der Waals surface area contributed by atoms with Crippen molar-refractivity contribution in [2.75, 3.05) is 18.4 Å². The maximum atomic E-state index is 12.2. The Morgan fingerprint density at radius 1 is 1.48 bits per heavy atom. The second-order valence-corrected chi connectivity index (χ2v) is 7.64. The van der Waals surface area contributed by atoms with E-state index in [1.54, 1.807) is 17.3 Å². The van der Waals surface area contributed by atoms with E-state index in [1.807, 2.05) is 32.3 Å². The zero-order valence-electron chi connectivity index (χ0n) is 15.0. The Hall–Kier alpha value is -2.02. The molecule has 8 heteroatoms. The van der Waals surface area contributed by atoms with Crippen LogP contribution in [0.25, 0.3) is 11.2 Å². The van der Waals surface area contributed by atoms with Gasteiger partial charge in [-0.05, 0) is 34.1 Å². The smallest absolute Gasteiger partial charge is 0.410 e. The average Bonchev–Trinajstić information content (AvgIpc) is 3.12. The number of amides is 1. The van der Waals surface area contributed by atoms with Crippen molar-refractivity contribution in [1.29, 1.82) is 0 Å². The highest BCUT2D eigenvalue weighted by Crippen LogP contribution is 2.27. The van der Waals surface area contributed by atoms with Crippen molar-refractivity contribution in [3.63, 3.8) is 0 Å². The number of aryl methyl sites for hydroxylation is 1. The third kappa shape index (κ3) is 3.98. The fraction of sp³-hybridized carbons (Fsp3) is 0.588. The molecule has 1 aliphatic rings. The molecule has 1 amide bonds. The van der Waals surface area contributed by atoms with Crippen molar-refractivity contribution in [2.45, 2.75) is 52.3 Å². The van der Waals surface area contributed by atoms with Crippen molar-refractivity contribution < 1.29 is 9.53 Å². The number of anilines is 1. The topological polar surface area (TPSA) is 72.3 Å². The standard InChI is InChI=1S/C17H24ClN5O2/c1-5-22-10-19-14-12(8-13(18)21-15(14)22)20-11-6-7-23(9-11)16(24)25-17(2,3)4/h8,10-11H,5-7,9H2,1-4H3,(H,20,21)/t11-/m0/s1. The predicted molar refractivity (Wildman–Crippen MR) is 98.0 cm³/mol. The van der Waals surface area contributed by atoms with Gasteiger partial charge in [0.15, 0.2) is 5.65 Å². The number of imidazole rings is 1. The van der Waals surface area contributed by atoms with E-state index in [9.17, 15) is 4.79 Å². The highest BCUT2D eigenvalue weighted by atomic mass is 35.5. The number of nitrogens with zero attached hydrogens (tertiary/aromatic N) is 4. The molecule has 136 valence electrons. The molecule has 0 aromatic carbocycles. The third-order valence-corrected chi connectivity index (χ3v) is 4.28. The average molecular weight is 366 g/mol. The molecule has 1 aliphatic heterocycles. The Bertz CT molecular complexity index is 783. The van der Waals surface area contributed by atoms with Gasteiger partial charge in [-0.25, -0.2) is 14.8 Å². The molecule has 2 aromatic rings. The molecule has 2 aromatic heterocycles. The van der Waals surface area contributed by atoms with Crippen LogP contribution >= 0.6 is 11.6 Å². The minimum absolute atomic E-state index is 0.126. The molecule has 0 spiro atoms. The first-order chi connectivity index (χ1) is 11.8. The number of carbonyl (C=O) groups excluding carboxylic acids is 1. The van der Waals surface area contributed by atoms with Gasteiger partial charge >= 0.3 is 6.09 Å². The normalized spacial score (nSPS) is 18.0. The highest BCUT2D eigenvalue weighted by molar-refractivity contribution is 6.30. The van der Waals surface area contributed by atoms with E-state index in [0.29, 0.717) is 18.2 Å². The number of ether oxygens (including phenoxy) is 1. The van der Waals surface area contributed by atoms with Gasteiger partial charge in [-0.1, -0.05) is 11.6 Å². The molecule has 0 unspecified atom stereocenters. The molecule has 25 heavy (non-hydrogen) atoms. The predicted octanol–water partition coefficient (Wildman–Crippen LogP) is 3.53. The van der Waals surface area contributed by atoms with Crippen LogP contribution < -0.4 is 5.32 Å². The number of nitrogens with one attached hydrogen (secondary N) is 1. The van der Waals surface area contributed by atoms with Crippen LogP contribution in [0, 0.1) is 0 Å². The van der Waals surface area contributed by atoms with Crippen LogP contribution in [-0.2, 0) is 11.3 Å². The van der Waals surface area contributed by atoms with Crippen LogP contribution in [0.5, 0.6) is 0 Å². The molecule has 1 N–H and O–H groups in total. The summed E-state index contributed by atoms with van der Waals surface area (Å²) < 4.78 is 7.39. The molecular formula is C17H24ClN5O2. The maximum Gasteiger partial charge on any atom is 0.410 e. The van der Waals surface area contributed by atoms with Gasteiger partial charge in [0.1, 0.15) is 16.3 Å². The summed E-state index contributed by atoms with van der Waals surface area (Å²) in [6.45, 7) is 9.68. The van der Waals surface area contributed by atoms with E-state index in [4.69, 9.17) is 16.3 Å². The first-order valence-electron chi connectivity index (χ1n) is 8.52. The molecule has 7 nitrogen and oxygen atoms in total. The molecule has 0 saturated carbocycles. The lowest BCUT2D eigenvalue weighted by Crippen LogP contribution is -2.36. The largest absolute Gasteiger partial charge is 0.444 e. The Morgan fingerprint density at radius 2 is 2.24 bits per heavy atom. The van der Waals surface area contributed by atoms with Crippen LogP contribution in [0.15, 0.2) is 12.4 Å². The molecule has 1 saturated heterocycles.